The number of hydrogen-bond acceptors (Lipinski definition) is 4. The summed E-state index contributed by atoms with van der Waals surface area (Å²) in [5, 5.41) is 22.2. The van der Waals surface area contributed by atoms with Crippen molar-refractivity contribution in [2.45, 2.75) is 39.0 Å². The molecule has 0 saturated heterocycles. The summed E-state index contributed by atoms with van der Waals surface area (Å²) in [4.78, 5) is 5.81. The summed E-state index contributed by atoms with van der Waals surface area (Å²) in [6, 6.07) is 24.1. The van der Waals surface area contributed by atoms with Crippen molar-refractivity contribution in [1.29, 1.82) is 10.5 Å². The van der Waals surface area contributed by atoms with Gasteiger partial charge in [0, 0.05) is 28.9 Å². The molecule has 0 bridgehead atoms. The molecule has 0 saturated carbocycles. The second-order valence-corrected chi connectivity index (χ2v) is 10.1. The summed E-state index contributed by atoms with van der Waals surface area (Å²) in [6.07, 6.45) is 9.69. The smallest absolute Gasteiger partial charge is 0.270 e. The Morgan fingerprint density at radius 2 is 1.85 bits per heavy atom. The van der Waals surface area contributed by atoms with Gasteiger partial charge in [0.25, 0.3) is 5.70 Å². The van der Waals surface area contributed by atoms with Crippen LogP contribution in [0.5, 0.6) is 5.75 Å². The second kappa shape index (κ2) is 12.2. The molecule has 40 heavy (non-hydrogen) atoms. The zero-order chi connectivity index (χ0) is 28.7. The molecule has 5 heteroatoms. The molecule has 0 N–H and O–H groups in total. The summed E-state index contributed by atoms with van der Waals surface area (Å²) in [5.74, 6) is 0.581. The fourth-order valence-corrected chi connectivity index (χ4v) is 5.40. The Labute approximate surface area is 237 Å². The number of unbranched alkanes of at least 4 members (excludes halogenated alkanes) is 1. The average Bonchev–Trinajstić information content (AvgIpc) is 3.20. The lowest BCUT2D eigenvalue weighted by Crippen LogP contribution is -2.27. The maximum atomic E-state index is 10.0. The van der Waals surface area contributed by atoms with Crippen molar-refractivity contribution >= 4 is 22.0 Å². The first-order valence-corrected chi connectivity index (χ1v) is 13.4. The summed E-state index contributed by atoms with van der Waals surface area (Å²) in [5.41, 5.74) is 4.50. The molecule has 0 aromatic heterocycles. The van der Waals surface area contributed by atoms with Crippen molar-refractivity contribution in [3.05, 3.63) is 124 Å². The zero-order valence-corrected chi connectivity index (χ0v) is 23.4. The molecule has 198 valence electrons. The first-order valence-electron chi connectivity index (χ1n) is 13.4. The maximum absolute atomic E-state index is 10.0. The number of benzene rings is 3. The van der Waals surface area contributed by atoms with Gasteiger partial charge < -0.3 is 9.64 Å². The highest BCUT2D eigenvalue weighted by atomic mass is 16.5. The van der Waals surface area contributed by atoms with Gasteiger partial charge in [-0.3, -0.25) is 0 Å². The first kappa shape index (κ1) is 28.0. The normalized spacial score (nSPS) is 15.9. The third-order valence-electron chi connectivity index (χ3n) is 7.32. The number of nitrogens with zero attached hydrogens (tertiary/aromatic N) is 4. The van der Waals surface area contributed by atoms with Gasteiger partial charge in [-0.15, -0.1) is 0 Å². The fraction of sp³-hybridized carbons (Fsp3) is 0.229. The number of anilines is 1. The third-order valence-corrected chi connectivity index (χ3v) is 7.32. The van der Waals surface area contributed by atoms with Gasteiger partial charge in [-0.1, -0.05) is 81.8 Å². The molecule has 3 aromatic carbocycles. The summed E-state index contributed by atoms with van der Waals surface area (Å²) in [7, 11) is 1.55. The molecule has 1 aliphatic rings. The van der Waals surface area contributed by atoms with Gasteiger partial charge in [-0.25, -0.2) is 10.1 Å². The number of allylic oxidation sites excluding steroid dienone is 8. The van der Waals surface area contributed by atoms with Crippen molar-refractivity contribution in [1.82, 2.24) is 0 Å². The second-order valence-electron chi connectivity index (χ2n) is 10.1. The van der Waals surface area contributed by atoms with Crippen molar-refractivity contribution in [3.63, 3.8) is 0 Å². The van der Waals surface area contributed by atoms with Crippen LogP contribution in [-0.4, -0.2) is 13.7 Å². The molecule has 0 aliphatic carbocycles. The third kappa shape index (κ3) is 5.26. The Hall–Kier alpha value is -5.05. The Balaban J connectivity index is 1.78. The number of hydrogen-bond donors (Lipinski definition) is 0. The maximum Gasteiger partial charge on any atom is 0.270 e. The van der Waals surface area contributed by atoms with E-state index in [-0.39, 0.29) is 16.7 Å². The van der Waals surface area contributed by atoms with Crippen LogP contribution >= 0.6 is 0 Å². The van der Waals surface area contributed by atoms with E-state index < -0.39 is 0 Å². The van der Waals surface area contributed by atoms with Crippen LogP contribution in [0.25, 0.3) is 21.2 Å². The molecule has 5 nitrogen and oxygen atoms in total. The minimum Gasteiger partial charge on any atom is -0.497 e. The quantitative estimate of drug-likeness (QED) is 0.168. The zero-order valence-electron chi connectivity index (χ0n) is 23.4. The van der Waals surface area contributed by atoms with Gasteiger partial charge in [0.1, 0.15) is 5.75 Å². The van der Waals surface area contributed by atoms with Crippen LogP contribution in [0, 0.1) is 29.2 Å². The highest BCUT2D eigenvalue weighted by Crippen LogP contribution is 2.50. The molecule has 0 spiro atoms. The Morgan fingerprint density at radius 3 is 2.55 bits per heavy atom. The molecule has 1 heterocycles. The van der Waals surface area contributed by atoms with Crippen LogP contribution in [0.1, 0.15) is 44.7 Å². The van der Waals surface area contributed by atoms with E-state index in [1.165, 1.54) is 27.7 Å². The van der Waals surface area contributed by atoms with E-state index >= 15 is 0 Å². The van der Waals surface area contributed by atoms with Crippen molar-refractivity contribution in [3.8, 4) is 17.9 Å². The number of methoxy groups -OCH3 is 1. The SMILES string of the molecule is [C-]#[N+]/C(C#N)=C(/C(C#N)=C/C=C/C=C1/N(CCCC)c2ccc3ccccc3c2C1(C)C)c1cccc(OC)c1. The van der Waals surface area contributed by atoms with Gasteiger partial charge in [0.2, 0.25) is 0 Å². The van der Waals surface area contributed by atoms with Gasteiger partial charge in [0.15, 0.2) is 0 Å². The number of nitriles is 2. The van der Waals surface area contributed by atoms with Crippen molar-refractivity contribution < 1.29 is 4.74 Å². The van der Waals surface area contributed by atoms with Gasteiger partial charge >= 0.3 is 0 Å². The molecule has 0 amide bonds. The summed E-state index contributed by atoms with van der Waals surface area (Å²) >= 11 is 0. The van der Waals surface area contributed by atoms with E-state index in [1.807, 2.05) is 12.1 Å². The number of fused-ring (bicyclic) bond motifs is 3. The molecule has 4 rings (SSSR count). The van der Waals surface area contributed by atoms with Crippen LogP contribution in [0.4, 0.5) is 5.69 Å². The first-order chi connectivity index (χ1) is 19.4. The minimum atomic E-state index is -0.222. The van der Waals surface area contributed by atoms with Crippen molar-refractivity contribution in [2.75, 3.05) is 18.6 Å². The summed E-state index contributed by atoms with van der Waals surface area (Å²) < 4.78 is 5.32. The standard InChI is InChI=1S/C35H32N4O/c1-6-7-21-39-31-20-19-25-13-8-10-17-29(25)34(31)35(2,3)32(39)18-11-9-14-27(23-36)33(30(24-37)38-4)26-15-12-16-28(22-26)40-5/h8-20,22H,6-7,21H2,1-3,5H3/b11-9+,27-14+,32-18+,33-30+. The molecule has 0 unspecified atom stereocenters. The van der Waals surface area contributed by atoms with E-state index in [4.69, 9.17) is 11.3 Å². The molecule has 0 radical (unpaired) electrons. The predicted octanol–water partition coefficient (Wildman–Crippen LogP) is 8.49. The summed E-state index contributed by atoms with van der Waals surface area (Å²) in [6.45, 7) is 15.2. The van der Waals surface area contributed by atoms with E-state index in [9.17, 15) is 10.5 Å². The number of ether oxygens (including phenoxy) is 1. The van der Waals surface area contributed by atoms with Crippen LogP contribution in [0.2, 0.25) is 0 Å². The Bertz CT molecular complexity index is 1670. The van der Waals surface area contributed by atoms with E-state index in [1.54, 1.807) is 43.5 Å². The van der Waals surface area contributed by atoms with E-state index in [0.717, 1.165) is 19.4 Å². The molecular formula is C35H32N4O. The molecule has 3 aromatic rings. The lowest BCUT2D eigenvalue weighted by molar-refractivity contribution is 0.414. The largest absolute Gasteiger partial charge is 0.497 e. The van der Waals surface area contributed by atoms with E-state index in [2.05, 4.69) is 79.1 Å². The van der Waals surface area contributed by atoms with Crippen LogP contribution in [0.3, 0.4) is 0 Å². The fourth-order valence-electron chi connectivity index (χ4n) is 5.40. The lowest BCUT2D eigenvalue weighted by atomic mass is 9.81. The molecule has 0 atom stereocenters. The van der Waals surface area contributed by atoms with E-state index in [0.29, 0.717) is 16.9 Å². The minimum absolute atomic E-state index is 0.141. The van der Waals surface area contributed by atoms with Crippen molar-refractivity contribution in [2.24, 2.45) is 0 Å². The lowest BCUT2D eigenvalue weighted by Gasteiger charge is -2.27. The molecule has 0 fully saturated rings. The molecule has 1 aliphatic heterocycles. The highest BCUT2D eigenvalue weighted by molar-refractivity contribution is 5.95. The highest BCUT2D eigenvalue weighted by Gasteiger charge is 2.40. The van der Waals surface area contributed by atoms with Gasteiger partial charge in [-0.2, -0.15) is 5.26 Å². The number of rotatable bonds is 8. The topological polar surface area (TPSA) is 64.4 Å². The van der Waals surface area contributed by atoms with Crippen LogP contribution in [-0.2, 0) is 5.41 Å². The van der Waals surface area contributed by atoms with Crippen LogP contribution in [0.15, 0.2) is 102 Å². The predicted molar refractivity (Wildman–Crippen MR) is 162 cm³/mol. The van der Waals surface area contributed by atoms with Gasteiger partial charge in [-0.05, 0) is 58.7 Å². The average molecular weight is 525 g/mol. The Kier molecular flexibility index (Phi) is 8.54. The molecular weight excluding hydrogens is 492 g/mol. The monoisotopic (exact) mass is 524 g/mol. The Morgan fingerprint density at radius 1 is 1.05 bits per heavy atom. The van der Waals surface area contributed by atoms with Gasteiger partial charge in [0.05, 0.1) is 31.4 Å². The van der Waals surface area contributed by atoms with Crippen LogP contribution < -0.4 is 9.64 Å².